The maximum atomic E-state index is 8.54. The van der Waals surface area contributed by atoms with Crippen LogP contribution < -0.4 is 4.74 Å². The summed E-state index contributed by atoms with van der Waals surface area (Å²) < 4.78 is 7.77. The molecule has 1 aromatic carbocycles. The van der Waals surface area contributed by atoms with E-state index in [1.807, 2.05) is 19.1 Å². The zero-order valence-corrected chi connectivity index (χ0v) is 10.0. The molecule has 0 radical (unpaired) electrons. The smallest absolute Gasteiger partial charge is 0.128 e. The van der Waals surface area contributed by atoms with Gasteiger partial charge in [-0.1, -0.05) is 6.07 Å². The van der Waals surface area contributed by atoms with Gasteiger partial charge in [0, 0.05) is 24.5 Å². The second kappa shape index (κ2) is 5.40. The fraction of sp³-hybridized carbons (Fsp3) is 0.357. The van der Waals surface area contributed by atoms with Gasteiger partial charge in [0.2, 0.25) is 0 Å². The van der Waals surface area contributed by atoms with Gasteiger partial charge in [-0.05, 0) is 31.5 Å². The molecule has 0 spiro atoms. The molecule has 1 heterocycles. The molecule has 0 aliphatic rings. The molecule has 1 aromatic heterocycles. The SMILES string of the molecule is CCOc1cccc2c1ccn2CCCC#N. The largest absolute Gasteiger partial charge is 0.493 e. The molecule has 2 aromatic rings. The Labute approximate surface area is 101 Å². The highest BCUT2D eigenvalue weighted by atomic mass is 16.5. The van der Waals surface area contributed by atoms with Gasteiger partial charge in [0.15, 0.2) is 0 Å². The third-order valence-electron chi connectivity index (χ3n) is 2.76. The Balaban J connectivity index is 2.28. The molecule has 3 nitrogen and oxygen atoms in total. The molecule has 17 heavy (non-hydrogen) atoms. The van der Waals surface area contributed by atoms with E-state index in [1.165, 1.54) is 5.52 Å². The van der Waals surface area contributed by atoms with Crippen molar-refractivity contribution in [3.63, 3.8) is 0 Å². The van der Waals surface area contributed by atoms with Crippen LogP contribution in [0.25, 0.3) is 10.9 Å². The molecule has 88 valence electrons. The number of nitriles is 1. The summed E-state index contributed by atoms with van der Waals surface area (Å²) in [4.78, 5) is 0. The molecule has 0 amide bonds. The number of aromatic nitrogens is 1. The van der Waals surface area contributed by atoms with E-state index in [0.717, 1.165) is 24.1 Å². The lowest BCUT2D eigenvalue weighted by molar-refractivity contribution is 0.344. The second-order valence-corrected chi connectivity index (χ2v) is 3.89. The third-order valence-corrected chi connectivity index (χ3v) is 2.76. The van der Waals surface area contributed by atoms with Crippen LogP contribution in [0.1, 0.15) is 19.8 Å². The number of unbranched alkanes of at least 4 members (excludes halogenated alkanes) is 1. The van der Waals surface area contributed by atoms with E-state index >= 15 is 0 Å². The quantitative estimate of drug-likeness (QED) is 0.736. The predicted octanol–water partition coefficient (Wildman–Crippen LogP) is 3.34. The van der Waals surface area contributed by atoms with E-state index in [1.54, 1.807) is 0 Å². The van der Waals surface area contributed by atoms with Crippen molar-refractivity contribution in [3.8, 4) is 11.8 Å². The van der Waals surface area contributed by atoms with Crippen LogP contribution in [0.3, 0.4) is 0 Å². The summed E-state index contributed by atoms with van der Waals surface area (Å²) in [5.74, 6) is 0.934. The predicted molar refractivity (Wildman–Crippen MR) is 68.0 cm³/mol. The van der Waals surface area contributed by atoms with Crippen LogP contribution in [0, 0.1) is 11.3 Å². The van der Waals surface area contributed by atoms with E-state index in [4.69, 9.17) is 10.00 Å². The van der Waals surface area contributed by atoms with Crippen LogP contribution in [0.5, 0.6) is 5.75 Å². The number of aryl methyl sites for hydroxylation is 1. The van der Waals surface area contributed by atoms with Crippen LogP contribution in [0.2, 0.25) is 0 Å². The highest BCUT2D eigenvalue weighted by Gasteiger charge is 2.05. The fourth-order valence-corrected chi connectivity index (χ4v) is 2.00. The lowest BCUT2D eigenvalue weighted by atomic mass is 10.2. The van der Waals surface area contributed by atoms with E-state index in [9.17, 15) is 0 Å². The molecular formula is C14H16N2O. The minimum Gasteiger partial charge on any atom is -0.493 e. The first-order valence-electron chi connectivity index (χ1n) is 5.94. The van der Waals surface area contributed by atoms with Crippen LogP contribution in [-0.2, 0) is 6.54 Å². The fourth-order valence-electron chi connectivity index (χ4n) is 2.00. The van der Waals surface area contributed by atoms with Gasteiger partial charge in [-0.25, -0.2) is 0 Å². The summed E-state index contributed by atoms with van der Waals surface area (Å²) in [6.45, 7) is 3.55. The number of nitrogens with zero attached hydrogens (tertiary/aromatic N) is 2. The molecule has 0 saturated carbocycles. The van der Waals surface area contributed by atoms with Gasteiger partial charge in [0.1, 0.15) is 5.75 Å². The Morgan fingerprint density at radius 3 is 3.00 bits per heavy atom. The van der Waals surface area contributed by atoms with Gasteiger partial charge < -0.3 is 9.30 Å². The van der Waals surface area contributed by atoms with E-state index in [2.05, 4.69) is 29.0 Å². The molecule has 0 aliphatic heterocycles. The average Bonchev–Trinajstić information content (AvgIpc) is 2.75. The Bertz CT molecular complexity index is 537. The topological polar surface area (TPSA) is 38.0 Å². The molecule has 0 unspecified atom stereocenters. The van der Waals surface area contributed by atoms with Gasteiger partial charge in [-0.2, -0.15) is 5.26 Å². The zero-order chi connectivity index (χ0) is 12.1. The van der Waals surface area contributed by atoms with Crippen molar-refractivity contribution < 1.29 is 4.74 Å². The van der Waals surface area contributed by atoms with Crippen LogP contribution in [-0.4, -0.2) is 11.2 Å². The second-order valence-electron chi connectivity index (χ2n) is 3.89. The molecular weight excluding hydrogens is 212 g/mol. The maximum absolute atomic E-state index is 8.54. The Kier molecular flexibility index (Phi) is 3.66. The molecule has 0 atom stereocenters. The van der Waals surface area contributed by atoms with Gasteiger partial charge in [0.25, 0.3) is 0 Å². The summed E-state index contributed by atoms with van der Waals surface area (Å²) in [6.07, 6.45) is 3.55. The number of benzene rings is 1. The van der Waals surface area contributed by atoms with Crippen molar-refractivity contribution in [2.24, 2.45) is 0 Å². The standard InChI is InChI=1S/C14H16N2O/c1-2-17-14-7-5-6-13-12(14)8-11-16(13)10-4-3-9-15/h5-8,11H,2-4,10H2,1H3. The normalized spacial score (nSPS) is 10.4. The molecule has 0 N–H and O–H groups in total. The zero-order valence-electron chi connectivity index (χ0n) is 10.0. The minimum absolute atomic E-state index is 0.602. The van der Waals surface area contributed by atoms with Crippen molar-refractivity contribution >= 4 is 10.9 Å². The molecule has 0 bridgehead atoms. The first-order chi connectivity index (χ1) is 8.36. The summed E-state index contributed by atoms with van der Waals surface area (Å²) >= 11 is 0. The van der Waals surface area contributed by atoms with Gasteiger partial charge in [-0.15, -0.1) is 0 Å². The Morgan fingerprint density at radius 1 is 1.35 bits per heavy atom. The molecule has 3 heteroatoms. The first kappa shape index (κ1) is 11.5. The van der Waals surface area contributed by atoms with Crippen LogP contribution in [0.4, 0.5) is 0 Å². The van der Waals surface area contributed by atoms with Crippen molar-refractivity contribution in [1.29, 1.82) is 5.26 Å². The Morgan fingerprint density at radius 2 is 2.24 bits per heavy atom. The van der Waals surface area contributed by atoms with Gasteiger partial charge in [0.05, 0.1) is 18.2 Å². The lowest BCUT2D eigenvalue weighted by Gasteiger charge is -2.06. The summed E-state index contributed by atoms with van der Waals surface area (Å²) in [6, 6.07) is 10.3. The van der Waals surface area contributed by atoms with Crippen molar-refractivity contribution in [3.05, 3.63) is 30.5 Å². The summed E-state index contributed by atoms with van der Waals surface area (Å²) in [7, 11) is 0. The number of hydrogen-bond donors (Lipinski definition) is 0. The van der Waals surface area contributed by atoms with Crippen LogP contribution in [0.15, 0.2) is 30.5 Å². The highest BCUT2D eigenvalue weighted by molar-refractivity contribution is 5.86. The van der Waals surface area contributed by atoms with Crippen LogP contribution >= 0.6 is 0 Å². The number of rotatable bonds is 5. The number of fused-ring (bicyclic) bond motifs is 1. The molecule has 2 rings (SSSR count). The number of ether oxygens (including phenoxy) is 1. The third kappa shape index (κ3) is 2.42. The monoisotopic (exact) mass is 228 g/mol. The molecule has 0 saturated heterocycles. The van der Waals surface area contributed by atoms with Crippen molar-refractivity contribution in [2.75, 3.05) is 6.61 Å². The summed E-state index contributed by atoms with van der Waals surface area (Å²) in [5, 5.41) is 9.69. The minimum atomic E-state index is 0.602. The molecule has 0 aliphatic carbocycles. The van der Waals surface area contributed by atoms with E-state index in [0.29, 0.717) is 13.0 Å². The maximum Gasteiger partial charge on any atom is 0.128 e. The summed E-state index contributed by atoms with van der Waals surface area (Å²) in [5.41, 5.74) is 1.17. The number of hydrogen-bond acceptors (Lipinski definition) is 2. The molecule has 0 fully saturated rings. The lowest BCUT2D eigenvalue weighted by Crippen LogP contribution is -1.96. The average molecular weight is 228 g/mol. The van der Waals surface area contributed by atoms with E-state index in [-0.39, 0.29) is 0 Å². The van der Waals surface area contributed by atoms with Crippen molar-refractivity contribution in [2.45, 2.75) is 26.3 Å². The van der Waals surface area contributed by atoms with Gasteiger partial charge >= 0.3 is 0 Å². The van der Waals surface area contributed by atoms with E-state index < -0.39 is 0 Å². The van der Waals surface area contributed by atoms with Crippen molar-refractivity contribution in [1.82, 2.24) is 4.57 Å². The van der Waals surface area contributed by atoms with Gasteiger partial charge in [-0.3, -0.25) is 0 Å². The highest BCUT2D eigenvalue weighted by Crippen LogP contribution is 2.26. The first-order valence-corrected chi connectivity index (χ1v) is 5.94. The Hall–Kier alpha value is -1.95.